The van der Waals surface area contributed by atoms with Gasteiger partial charge in [-0.15, -0.1) is 11.3 Å². The molecule has 1 saturated carbocycles. The van der Waals surface area contributed by atoms with Crippen molar-refractivity contribution in [3.05, 3.63) is 51.2 Å². The van der Waals surface area contributed by atoms with E-state index in [0.717, 1.165) is 17.7 Å². The van der Waals surface area contributed by atoms with Gasteiger partial charge in [0.25, 0.3) is 5.56 Å². The number of ether oxygens (including phenoxy) is 1. The zero-order valence-electron chi connectivity index (χ0n) is 20.8. The standard InChI is InChI=1S/C25H28ClN7O3S/c1-25(2,3)36-24(35)27-10-5-11-33-21(31-16-7-4-6-15(26)17(16)23(33)34)18(14-8-9-14)32-20-19-22(29-12-28-20)37-13-30-19/h4,6-7,12-14,18H,5,8-11H2,1-3H3,(H,27,35)(H,28,29,32)/t18-/m0/s1. The number of rotatable bonds is 8. The number of halogens is 1. The average Bonchev–Trinajstić information content (AvgIpc) is 3.55. The van der Waals surface area contributed by atoms with Gasteiger partial charge < -0.3 is 15.4 Å². The first-order valence-corrected chi connectivity index (χ1v) is 13.4. The van der Waals surface area contributed by atoms with Gasteiger partial charge in [-0.05, 0) is 58.1 Å². The van der Waals surface area contributed by atoms with E-state index < -0.39 is 11.7 Å². The van der Waals surface area contributed by atoms with E-state index in [1.54, 1.807) is 28.3 Å². The number of anilines is 1. The third-order valence-corrected chi connectivity index (χ3v) is 7.04. The van der Waals surface area contributed by atoms with Crippen molar-refractivity contribution in [1.82, 2.24) is 29.8 Å². The maximum atomic E-state index is 13.7. The SMILES string of the molecule is CC(C)(C)OC(=O)NCCCn1c([C@@H](Nc2ncnc3scnc23)C2CC2)nc2cccc(Cl)c2c1=O. The zero-order chi connectivity index (χ0) is 26.2. The van der Waals surface area contributed by atoms with E-state index in [-0.39, 0.29) is 11.6 Å². The Morgan fingerprint density at radius 2 is 2.08 bits per heavy atom. The van der Waals surface area contributed by atoms with Crippen LogP contribution in [0.3, 0.4) is 0 Å². The predicted molar refractivity (Wildman–Crippen MR) is 144 cm³/mol. The molecule has 1 aliphatic carbocycles. The molecule has 0 spiro atoms. The van der Waals surface area contributed by atoms with Crippen LogP contribution in [0.1, 0.15) is 51.9 Å². The van der Waals surface area contributed by atoms with Crippen LogP contribution < -0.4 is 16.2 Å². The molecule has 0 radical (unpaired) electrons. The van der Waals surface area contributed by atoms with E-state index >= 15 is 0 Å². The first-order valence-electron chi connectivity index (χ1n) is 12.2. The molecule has 37 heavy (non-hydrogen) atoms. The van der Waals surface area contributed by atoms with Gasteiger partial charge in [0, 0.05) is 13.1 Å². The summed E-state index contributed by atoms with van der Waals surface area (Å²) >= 11 is 7.87. The van der Waals surface area contributed by atoms with Crippen LogP contribution >= 0.6 is 22.9 Å². The summed E-state index contributed by atoms with van der Waals surface area (Å²) in [4.78, 5) is 44.6. The number of thiazole rings is 1. The number of amides is 1. The van der Waals surface area contributed by atoms with Gasteiger partial charge in [0.15, 0.2) is 5.82 Å². The molecule has 0 unspecified atom stereocenters. The Kier molecular flexibility index (Phi) is 7.00. The Morgan fingerprint density at radius 3 is 2.84 bits per heavy atom. The van der Waals surface area contributed by atoms with Gasteiger partial charge in [-0.25, -0.2) is 24.7 Å². The van der Waals surface area contributed by atoms with E-state index in [1.807, 2.05) is 20.8 Å². The van der Waals surface area contributed by atoms with E-state index in [1.165, 1.54) is 17.7 Å². The Hall–Kier alpha value is -3.31. The number of benzene rings is 1. The van der Waals surface area contributed by atoms with Crippen molar-refractivity contribution in [2.45, 2.75) is 58.2 Å². The molecular formula is C25H28ClN7O3S. The van der Waals surface area contributed by atoms with Crippen molar-refractivity contribution in [3.8, 4) is 0 Å². The highest BCUT2D eigenvalue weighted by atomic mass is 35.5. The zero-order valence-corrected chi connectivity index (χ0v) is 22.4. The lowest BCUT2D eigenvalue weighted by atomic mass is 10.1. The van der Waals surface area contributed by atoms with Gasteiger partial charge in [-0.2, -0.15) is 0 Å². The molecule has 0 bridgehead atoms. The first kappa shape index (κ1) is 25.3. The summed E-state index contributed by atoms with van der Waals surface area (Å²) in [7, 11) is 0. The summed E-state index contributed by atoms with van der Waals surface area (Å²) in [5.74, 6) is 1.52. The summed E-state index contributed by atoms with van der Waals surface area (Å²) in [6.45, 7) is 6.12. The van der Waals surface area contributed by atoms with Crippen molar-refractivity contribution in [2.75, 3.05) is 11.9 Å². The monoisotopic (exact) mass is 541 g/mol. The molecule has 5 rings (SSSR count). The molecule has 1 fully saturated rings. The number of fused-ring (bicyclic) bond motifs is 2. The second-order valence-corrected chi connectivity index (χ2v) is 11.3. The predicted octanol–water partition coefficient (Wildman–Crippen LogP) is 4.93. The molecule has 1 aliphatic rings. The molecule has 194 valence electrons. The highest BCUT2D eigenvalue weighted by Crippen LogP contribution is 2.43. The summed E-state index contributed by atoms with van der Waals surface area (Å²) in [5, 5.41) is 7.01. The van der Waals surface area contributed by atoms with Crippen molar-refractivity contribution in [3.63, 3.8) is 0 Å². The maximum absolute atomic E-state index is 13.7. The minimum atomic E-state index is -0.583. The summed E-state index contributed by atoms with van der Waals surface area (Å²) in [5.41, 5.74) is 2.18. The quantitative estimate of drug-likeness (QED) is 0.301. The minimum absolute atomic E-state index is 0.211. The Balaban J connectivity index is 1.48. The second kappa shape index (κ2) is 10.2. The average molecular weight is 542 g/mol. The summed E-state index contributed by atoms with van der Waals surface area (Å²) in [6, 6.07) is 5.03. The molecule has 12 heteroatoms. The van der Waals surface area contributed by atoms with Crippen LogP contribution in [0.2, 0.25) is 5.02 Å². The number of nitrogens with one attached hydrogen (secondary N) is 2. The van der Waals surface area contributed by atoms with Gasteiger partial charge in [-0.1, -0.05) is 17.7 Å². The number of alkyl carbamates (subject to hydrolysis) is 1. The number of carbonyl (C=O) groups is 1. The van der Waals surface area contributed by atoms with E-state index in [9.17, 15) is 9.59 Å². The third-order valence-electron chi connectivity index (χ3n) is 5.99. The summed E-state index contributed by atoms with van der Waals surface area (Å²) < 4.78 is 6.98. The highest BCUT2D eigenvalue weighted by Gasteiger charge is 2.36. The lowest BCUT2D eigenvalue weighted by Crippen LogP contribution is -2.34. The van der Waals surface area contributed by atoms with E-state index in [4.69, 9.17) is 21.3 Å². The van der Waals surface area contributed by atoms with Crippen LogP contribution in [0.25, 0.3) is 21.3 Å². The van der Waals surface area contributed by atoms with Crippen LogP contribution in [0.5, 0.6) is 0 Å². The largest absolute Gasteiger partial charge is 0.444 e. The smallest absolute Gasteiger partial charge is 0.407 e. The fourth-order valence-electron chi connectivity index (χ4n) is 4.21. The topological polar surface area (TPSA) is 124 Å². The summed E-state index contributed by atoms with van der Waals surface area (Å²) in [6.07, 6.45) is 3.54. The molecule has 0 aliphatic heterocycles. The Bertz CT molecular complexity index is 1510. The fraction of sp³-hybridized carbons (Fsp3) is 0.440. The molecule has 2 N–H and O–H groups in total. The van der Waals surface area contributed by atoms with Crippen molar-refractivity contribution in [2.24, 2.45) is 5.92 Å². The second-order valence-electron chi connectivity index (χ2n) is 10.0. The van der Waals surface area contributed by atoms with E-state index in [2.05, 4.69) is 25.6 Å². The van der Waals surface area contributed by atoms with Crippen molar-refractivity contribution in [1.29, 1.82) is 0 Å². The fourth-order valence-corrected chi connectivity index (χ4v) is 5.08. The van der Waals surface area contributed by atoms with Crippen LogP contribution in [0, 0.1) is 5.92 Å². The van der Waals surface area contributed by atoms with Gasteiger partial charge >= 0.3 is 6.09 Å². The lowest BCUT2D eigenvalue weighted by molar-refractivity contribution is 0.0526. The Morgan fingerprint density at radius 1 is 1.27 bits per heavy atom. The van der Waals surface area contributed by atoms with Crippen LogP contribution in [-0.2, 0) is 11.3 Å². The third kappa shape index (κ3) is 5.67. The van der Waals surface area contributed by atoms with E-state index in [0.29, 0.717) is 58.5 Å². The van der Waals surface area contributed by atoms with Crippen molar-refractivity contribution >= 4 is 56.1 Å². The normalized spacial score (nSPS) is 14.6. The number of hydrogen-bond acceptors (Lipinski definition) is 9. The molecule has 1 atom stereocenters. The van der Waals surface area contributed by atoms with Gasteiger partial charge in [0.1, 0.15) is 28.1 Å². The molecular weight excluding hydrogens is 514 g/mol. The lowest BCUT2D eigenvalue weighted by Gasteiger charge is -2.23. The van der Waals surface area contributed by atoms with Crippen LogP contribution in [0.4, 0.5) is 10.6 Å². The molecule has 4 aromatic rings. The molecule has 3 aromatic heterocycles. The van der Waals surface area contributed by atoms with Gasteiger partial charge in [0.05, 0.1) is 27.5 Å². The number of hydrogen-bond donors (Lipinski definition) is 2. The number of nitrogens with zero attached hydrogens (tertiary/aromatic N) is 5. The minimum Gasteiger partial charge on any atom is -0.444 e. The van der Waals surface area contributed by atoms with Crippen molar-refractivity contribution < 1.29 is 9.53 Å². The molecule has 1 amide bonds. The first-order chi connectivity index (χ1) is 17.7. The molecule has 10 nitrogen and oxygen atoms in total. The molecule has 0 saturated heterocycles. The number of carbonyl (C=O) groups excluding carboxylic acids is 1. The number of aromatic nitrogens is 5. The Labute approximate surface area is 222 Å². The van der Waals surface area contributed by atoms with Gasteiger partial charge in [0.2, 0.25) is 0 Å². The molecule has 1 aromatic carbocycles. The maximum Gasteiger partial charge on any atom is 0.407 e. The van der Waals surface area contributed by atoms with Crippen LogP contribution in [0.15, 0.2) is 34.8 Å². The molecule has 3 heterocycles. The highest BCUT2D eigenvalue weighted by molar-refractivity contribution is 7.16. The van der Waals surface area contributed by atoms with Gasteiger partial charge in [-0.3, -0.25) is 9.36 Å². The van der Waals surface area contributed by atoms with Crippen LogP contribution in [-0.4, -0.2) is 42.7 Å².